The van der Waals surface area contributed by atoms with Gasteiger partial charge in [0, 0.05) is 6.07 Å². The number of nitrogens with one attached hydrogen (secondary N) is 1. The van der Waals surface area contributed by atoms with Crippen LogP contribution in [0.1, 0.15) is 13.3 Å². The van der Waals surface area contributed by atoms with Gasteiger partial charge in [-0.05, 0) is 30.7 Å². The normalized spacial score (nSPS) is 16.5. The van der Waals surface area contributed by atoms with Crippen molar-refractivity contribution >= 4 is 5.91 Å². The summed E-state index contributed by atoms with van der Waals surface area (Å²) >= 11 is 0. The molecule has 6 heteroatoms. The maximum atomic E-state index is 12.5. The lowest BCUT2D eigenvalue weighted by molar-refractivity contribution is -0.128. The van der Waals surface area contributed by atoms with Crippen LogP contribution >= 0.6 is 0 Å². The van der Waals surface area contributed by atoms with Crippen molar-refractivity contribution in [1.82, 2.24) is 5.32 Å². The molecule has 1 aliphatic rings. The van der Waals surface area contributed by atoms with Gasteiger partial charge in [0.1, 0.15) is 24.2 Å². The fraction of sp³-hybridized carbons (Fsp3) is 0.350. The van der Waals surface area contributed by atoms with Gasteiger partial charge in [-0.2, -0.15) is 0 Å². The minimum Gasteiger partial charge on any atom is -0.497 e. The Morgan fingerprint density at radius 1 is 1.19 bits per heavy atom. The molecule has 1 aliphatic heterocycles. The van der Waals surface area contributed by atoms with E-state index < -0.39 is 6.10 Å². The van der Waals surface area contributed by atoms with Gasteiger partial charge in [0.05, 0.1) is 13.7 Å². The Labute approximate surface area is 153 Å². The first kappa shape index (κ1) is 17.9. The largest absolute Gasteiger partial charge is 0.497 e. The molecule has 138 valence electrons. The number of benzene rings is 2. The van der Waals surface area contributed by atoms with Crippen LogP contribution < -0.4 is 24.3 Å². The second kappa shape index (κ2) is 8.47. The molecule has 6 nitrogen and oxygen atoms in total. The Bertz CT molecular complexity index is 748. The molecule has 2 atom stereocenters. The van der Waals surface area contributed by atoms with E-state index in [1.54, 1.807) is 19.2 Å². The number of amides is 1. The molecular weight excluding hydrogens is 334 g/mol. The van der Waals surface area contributed by atoms with Crippen molar-refractivity contribution in [3.63, 3.8) is 0 Å². The maximum absolute atomic E-state index is 12.5. The topological polar surface area (TPSA) is 66.0 Å². The smallest absolute Gasteiger partial charge is 0.261 e. The Morgan fingerprint density at radius 3 is 2.73 bits per heavy atom. The summed E-state index contributed by atoms with van der Waals surface area (Å²) in [5.74, 6) is 2.51. The molecule has 3 rings (SSSR count). The Balaban J connectivity index is 1.53. The van der Waals surface area contributed by atoms with Crippen LogP contribution in [0.4, 0.5) is 0 Å². The number of para-hydroxylation sites is 2. The fourth-order valence-corrected chi connectivity index (χ4v) is 2.65. The highest BCUT2D eigenvalue weighted by Gasteiger charge is 2.24. The van der Waals surface area contributed by atoms with Crippen LogP contribution in [0.5, 0.6) is 23.0 Å². The number of ether oxygens (including phenoxy) is 4. The lowest BCUT2D eigenvalue weighted by atomic mass is 10.2. The first-order valence-electron chi connectivity index (χ1n) is 8.66. The predicted molar refractivity (Wildman–Crippen MR) is 97.1 cm³/mol. The molecule has 0 saturated carbocycles. The number of fused-ring (bicyclic) bond motifs is 1. The third kappa shape index (κ3) is 4.39. The van der Waals surface area contributed by atoms with Crippen LogP contribution in [0, 0.1) is 0 Å². The van der Waals surface area contributed by atoms with E-state index in [9.17, 15) is 4.79 Å². The van der Waals surface area contributed by atoms with Gasteiger partial charge in [-0.25, -0.2) is 0 Å². The number of methoxy groups -OCH3 is 1. The van der Waals surface area contributed by atoms with Crippen molar-refractivity contribution < 1.29 is 23.7 Å². The van der Waals surface area contributed by atoms with Crippen LogP contribution in [-0.4, -0.2) is 38.4 Å². The summed E-state index contributed by atoms with van der Waals surface area (Å²) in [4.78, 5) is 12.5. The van der Waals surface area contributed by atoms with Crippen molar-refractivity contribution in [2.24, 2.45) is 0 Å². The fourth-order valence-electron chi connectivity index (χ4n) is 2.65. The van der Waals surface area contributed by atoms with E-state index in [1.165, 1.54) is 0 Å². The minimum atomic E-state index is -0.584. The summed E-state index contributed by atoms with van der Waals surface area (Å²) in [6.45, 7) is 2.65. The first-order valence-corrected chi connectivity index (χ1v) is 8.66. The van der Waals surface area contributed by atoms with Gasteiger partial charge in [-0.1, -0.05) is 25.1 Å². The zero-order chi connectivity index (χ0) is 18.4. The van der Waals surface area contributed by atoms with Gasteiger partial charge in [-0.15, -0.1) is 0 Å². The molecule has 0 bridgehead atoms. The van der Waals surface area contributed by atoms with Crippen molar-refractivity contribution in [2.75, 3.05) is 20.3 Å². The standard InChI is InChI=1S/C20H23NO5/c1-3-17(25-15-8-6-7-14(11-15)23-2)20(22)21-12-16-13-24-18-9-4-5-10-19(18)26-16/h4-11,16-17H,3,12-13H2,1-2H3,(H,21,22). The van der Waals surface area contributed by atoms with Crippen molar-refractivity contribution in [1.29, 1.82) is 0 Å². The van der Waals surface area contributed by atoms with Crippen molar-refractivity contribution in [2.45, 2.75) is 25.6 Å². The van der Waals surface area contributed by atoms with Crippen LogP contribution in [0.25, 0.3) is 0 Å². The molecule has 1 heterocycles. The minimum absolute atomic E-state index is 0.183. The zero-order valence-electron chi connectivity index (χ0n) is 14.9. The first-order chi connectivity index (χ1) is 12.7. The lowest BCUT2D eigenvalue weighted by Gasteiger charge is -2.27. The van der Waals surface area contributed by atoms with Gasteiger partial charge in [0.2, 0.25) is 0 Å². The summed E-state index contributed by atoms with van der Waals surface area (Å²) < 4.78 is 22.5. The SMILES string of the molecule is CCC(Oc1cccc(OC)c1)C(=O)NCC1COc2ccccc2O1. The van der Waals surface area contributed by atoms with Crippen molar-refractivity contribution in [3.05, 3.63) is 48.5 Å². The van der Waals surface area contributed by atoms with Gasteiger partial charge in [-0.3, -0.25) is 4.79 Å². The number of hydrogen-bond acceptors (Lipinski definition) is 5. The van der Waals surface area contributed by atoms with Crippen LogP contribution in [0.3, 0.4) is 0 Å². The summed E-state index contributed by atoms with van der Waals surface area (Å²) in [6, 6.07) is 14.7. The lowest BCUT2D eigenvalue weighted by Crippen LogP contribution is -2.45. The molecule has 0 fully saturated rings. The Morgan fingerprint density at radius 2 is 1.96 bits per heavy atom. The quantitative estimate of drug-likeness (QED) is 0.825. The molecule has 0 aliphatic carbocycles. The number of hydrogen-bond donors (Lipinski definition) is 1. The number of carbonyl (C=O) groups excluding carboxylic acids is 1. The van der Waals surface area contributed by atoms with E-state index >= 15 is 0 Å². The molecule has 0 radical (unpaired) electrons. The Kier molecular flexibility index (Phi) is 5.84. The molecule has 0 spiro atoms. The zero-order valence-corrected chi connectivity index (χ0v) is 14.9. The second-order valence-corrected chi connectivity index (χ2v) is 5.94. The summed E-state index contributed by atoms with van der Waals surface area (Å²) in [5.41, 5.74) is 0. The summed E-state index contributed by atoms with van der Waals surface area (Å²) in [5, 5.41) is 2.88. The molecule has 0 aromatic heterocycles. The average molecular weight is 357 g/mol. The van der Waals surface area contributed by atoms with Crippen LogP contribution in [-0.2, 0) is 4.79 Å². The van der Waals surface area contributed by atoms with Gasteiger partial charge in [0.25, 0.3) is 5.91 Å². The summed E-state index contributed by atoms with van der Waals surface area (Å²) in [7, 11) is 1.59. The van der Waals surface area contributed by atoms with Crippen LogP contribution in [0.15, 0.2) is 48.5 Å². The number of carbonyl (C=O) groups is 1. The third-order valence-corrected chi connectivity index (χ3v) is 4.05. The monoisotopic (exact) mass is 357 g/mol. The van der Waals surface area contributed by atoms with E-state index in [-0.39, 0.29) is 12.0 Å². The third-order valence-electron chi connectivity index (χ3n) is 4.05. The van der Waals surface area contributed by atoms with Crippen LogP contribution in [0.2, 0.25) is 0 Å². The molecule has 26 heavy (non-hydrogen) atoms. The highest BCUT2D eigenvalue weighted by atomic mass is 16.6. The van der Waals surface area contributed by atoms with Crippen molar-refractivity contribution in [3.8, 4) is 23.0 Å². The predicted octanol–water partition coefficient (Wildman–Crippen LogP) is 2.81. The molecule has 1 amide bonds. The molecule has 1 N–H and O–H groups in total. The van der Waals surface area contributed by atoms with Gasteiger partial charge < -0.3 is 24.3 Å². The molecule has 2 aromatic carbocycles. The molecule has 2 unspecified atom stereocenters. The maximum Gasteiger partial charge on any atom is 0.261 e. The Hall–Kier alpha value is -2.89. The van der Waals surface area contributed by atoms with E-state index in [2.05, 4.69) is 5.32 Å². The molecule has 0 saturated heterocycles. The highest BCUT2D eigenvalue weighted by Crippen LogP contribution is 2.30. The van der Waals surface area contributed by atoms with Gasteiger partial charge in [0.15, 0.2) is 17.6 Å². The summed E-state index contributed by atoms with van der Waals surface area (Å²) in [6.07, 6.45) is -0.268. The van der Waals surface area contributed by atoms with E-state index in [0.717, 1.165) is 5.75 Å². The van der Waals surface area contributed by atoms with E-state index in [1.807, 2.05) is 43.3 Å². The number of rotatable bonds is 7. The van der Waals surface area contributed by atoms with E-state index in [0.29, 0.717) is 36.8 Å². The molecular formula is C20H23NO5. The second-order valence-electron chi connectivity index (χ2n) is 5.94. The highest BCUT2D eigenvalue weighted by molar-refractivity contribution is 5.81. The van der Waals surface area contributed by atoms with E-state index in [4.69, 9.17) is 18.9 Å². The average Bonchev–Trinajstić information content (AvgIpc) is 2.70. The van der Waals surface area contributed by atoms with Gasteiger partial charge >= 0.3 is 0 Å². The molecule has 2 aromatic rings.